The summed E-state index contributed by atoms with van der Waals surface area (Å²) in [7, 11) is 3.59. The Morgan fingerprint density at radius 1 is 1.12 bits per heavy atom. The highest BCUT2D eigenvalue weighted by Crippen LogP contribution is 2.37. The van der Waals surface area contributed by atoms with E-state index in [2.05, 4.69) is 20.2 Å². The number of fused-ring (bicyclic) bond motifs is 2. The molecular weight excluding hydrogens is 665 g/mol. The number of likely N-dealkylation sites (N-methyl/N-ethyl adjacent to an activating group) is 2. The number of piperazine rings is 1. The second-order valence-corrected chi connectivity index (χ2v) is 13.3. The SMILES string of the molecule is CCC[C@H]1CN(C(=O)Nc2ccc(CN3CCN(C)CC3)c(C(F)(F)F)c2)Cc2cc(Oc3ccnc4[nH]c(C(=O)N(C)CCO)cc34)cnc21. The van der Waals surface area contributed by atoms with Gasteiger partial charge in [-0.15, -0.1) is 0 Å². The van der Waals surface area contributed by atoms with E-state index in [0.717, 1.165) is 43.3 Å². The number of halogens is 3. The van der Waals surface area contributed by atoms with Crippen molar-refractivity contribution in [2.45, 2.75) is 44.9 Å². The van der Waals surface area contributed by atoms with Gasteiger partial charge in [-0.25, -0.2) is 9.78 Å². The van der Waals surface area contributed by atoms with Crippen LogP contribution in [0.3, 0.4) is 0 Å². The largest absolute Gasteiger partial charge is 0.455 e. The first-order valence-electron chi connectivity index (χ1n) is 17.1. The summed E-state index contributed by atoms with van der Waals surface area (Å²) in [4.78, 5) is 45.6. The van der Waals surface area contributed by atoms with Crippen LogP contribution in [0.4, 0.5) is 23.7 Å². The Morgan fingerprint density at radius 3 is 2.63 bits per heavy atom. The molecule has 0 saturated carbocycles. The lowest BCUT2D eigenvalue weighted by molar-refractivity contribution is -0.138. The molecule has 1 saturated heterocycles. The second kappa shape index (κ2) is 15.3. The molecule has 0 spiro atoms. The van der Waals surface area contributed by atoms with E-state index in [9.17, 15) is 27.9 Å². The van der Waals surface area contributed by atoms with Crippen LogP contribution in [-0.2, 0) is 19.3 Å². The van der Waals surface area contributed by atoms with Gasteiger partial charge < -0.3 is 34.8 Å². The van der Waals surface area contributed by atoms with Crippen molar-refractivity contribution >= 4 is 28.7 Å². The summed E-state index contributed by atoms with van der Waals surface area (Å²) in [6.07, 6.45) is 0.215. The number of anilines is 1. The van der Waals surface area contributed by atoms with E-state index in [1.54, 1.807) is 36.5 Å². The maximum Gasteiger partial charge on any atom is 0.416 e. The quantitative estimate of drug-likeness (QED) is 0.197. The van der Waals surface area contributed by atoms with Gasteiger partial charge in [0.15, 0.2) is 0 Å². The van der Waals surface area contributed by atoms with Gasteiger partial charge in [-0.3, -0.25) is 14.7 Å². The zero-order valence-electron chi connectivity index (χ0n) is 29.0. The van der Waals surface area contributed by atoms with E-state index < -0.39 is 17.8 Å². The number of aliphatic hydroxyl groups is 1. The molecule has 1 aromatic carbocycles. The predicted octanol–water partition coefficient (Wildman–Crippen LogP) is 5.51. The summed E-state index contributed by atoms with van der Waals surface area (Å²) in [5.74, 6) is 0.474. The Balaban J connectivity index is 1.20. The van der Waals surface area contributed by atoms with Gasteiger partial charge >= 0.3 is 12.2 Å². The van der Waals surface area contributed by atoms with E-state index in [-0.39, 0.29) is 49.3 Å². The summed E-state index contributed by atoms with van der Waals surface area (Å²) >= 11 is 0. The molecule has 4 aromatic rings. The van der Waals surface area contributed by atoms with Crippen molar-refractivity contribution in [2.24, 2.45) is 0 Å². The van der Waals surface area contributed by atoms with Crippen molar-refractivity contribution in [2.75, 3.05) is 65.3 Å². The molecule has 3 amide bonds. The summed E-state index contributed by atoms with van der Waals surface area (Å²) in [5, 5.41) is 12.5. The van der Waals surface area contributed by atoms with Gasteiger partial charge in [0.05, 0.1) is 29.4 Å². The number of hydrogen-bond acceptors (Lipinski definition) is 8. The number of aliphatic hydroxyl groups excluding tert-OH is 1. The molecule has 272 valence electrons. The van der Waals surface area contributed by atoms with Gasteiger partial charge in [0, 0.05) is 77.2 Å². The van der Waals surface area contributed by atoms with Crippen molar-refractivity contribution in [1.82, 2.24) is 34.6 Å². The normalized spacial score (nSPS) is 17.0. The molecule has 1 fully saturated rings. The number of carbonyl (C=O) groups excluding carboxylic acids is 2. The highest BCUT2D eigenvalue weighted by Gasteiger charge is 2.35. The average Bonchev–Trinajstić information content (AvgIpc) is 3.55. The minimum absolute atomic E-state index is 0.0722. The third-order valence-electron chi connectivity index (χ3n) is 9.48. The number of hydrogen-bond donors (Lipinski definition) is 3. The number of nitrogens with zero attached hydrogens (tertiary/aromatic N) is 6. The molecule has 1 atom stereocenters. The van der Waals surface area contributed by atoms with Crippen LogP contribution in [0.1, 0.15) is 58.6 Å². The number of aromatic amines is 1. The Bertz CT molecular complexity index is 1870. The van der Waals surface area contributed by atoms with E-state index in [0.29, 0.717) is 47.9 Å². The minimum Gasteiger partial charge on any atom is -0.455 e. The highest BCUT2D eigenvalue weighted by molar-refractivity contribution is 5.98. The molecule has 0 aliphatic carbocycles. The minimum atomic E-state index is -4.57. The molecule has 2 aliphatic rings. The van der Waals surface area contributed by atoms with E-state index in [1.807, 2.05) is 24.9 Å². The molecule has 12 nitrogen and oxygen atoms in total. The molecule has 6 rings (SSSR count). The van der Waals surface area contributed by atoms with E-state index in [1.165, 1.54) is 17.0 Å². The van der Waals surface area contributed by atoms with Crippen LogP contribution in [0.2, 0.25) is 0 Å². The number of rotatable bonds is 10. The van der Waals surface area contributed by atoms with Crippen molar-refractivity contribution in [3.05, 3.63) is 76.9 Å². The molecular formula is C36H43F3N8O4. The number of pyridine rings is 2. The standard InChI is InChI=1S/C36H43F3N8O4/c1-4-5-24-21-47(35(50)42-26-7-6-23(29(17-26)36(37,38)39)20-46-12-10-44(2)11-13-46)22-25-16-27(19-41-32(24)25)51-31-8-9-40-33-28(31)18-30(43-33)34(49)45(3)14-15-48/h6-9,16-19,24,48H,4-5,10-15,20-22H2,1-3H3,(H,40,43)(H,42,50)/t24-/m0/s1. The van der Waals surface area contributed by atoms with Gasteiger partial charge in [0.2, 0.25) is 0 Å². The molecule has 5 heterocycles. The number of urea groups is 1. The second-order valence-electron chi connectivity index (χ2n) is 13.3. The molecule has 15 heteroatoms. The average molecular weight is 709 g/mol. The Hall–Kier alpha value is -4.73. The van der Waals surface area contributed by atoms with Crippen LogP contribution in [0.25, 0.3) is 11.0 Å². The fraction of sp³-hybridized carbons (Fsp3) is 0.444. The molecule has 0 unspecified atom stereocenters. The summed E-state index contributed by atoms with van der Waals surface area (Å²) in [6.45, 7) is 5.77. The first-order valence-corrected chi connectivity index (χ1v) is 17.1. The number of alkyl halides is 3. The Kier molecular flexibility index (Phi) is 10.8. The first-order chi connectivity index (χ1) is 24.4. The zero-order valence-corrected chi connectivity index (χ0v) is 29.0. The number of benzene rings is 1. The predicted molar refractivity (Wildman–Crippen MR) is 186 cm³/mol. The number of amides is 3. The molecule has 2 aliphatic heterocycles. The zero-order chi connectivity index (χ0) is 36.3. The Morgan fingerprint density at radius 2 is 1.90 bits per heavy atom. The van der Waals surface area contributed by atoms with Crippen LogP contribution in [0, 0.1) is 0 Å². The lowest BCUT2D eigenvalue weighted by Gasteiger charge is -2.34. The van der Waals surface area contributed by atoms with Gasteiger partial charge in [-0.2, -0.15) is 13.2 Å². The number of aromatic nitrogens is 3. The Labute approximate surface area is 294 Å². The van der Waals surface area contributed by atoms with Crippen molar-refractivity contribution < 1.29 is 32.6 Å². The summed E-state index contributed by atoms with van der Waals surface area (Å²) in [5.41, 5.74) is 1.88. The molecule has 0 radical (unpaired) electrons. The van der Waals surface area contributed by atoms with Crippen LogP contribution in [0.15, 0.2) is 48.8 Å². The van der Waals surface area contributed by atoms with Crippen molar-refractivity contribution in [1.29, 1.82) is 0 Å². The van der Waals surface area contributed by atoms with Crippen molar-refractivity contribution in [3.63, 3.8) is 0 Å². The molecule has 51 heavy (non-hydrogen) atoms. The maximum absolute atomic E-state index is 14.2. The van der Waals surface area contributed by atoms with Crippen LogP contribution in [0.5, 0.6) is 11.5 Å². The fourth-order valence-electron chi connectivity index (χ4n) is 6.70. The van der Waals surface area contributed by atoms with E-state index >= 15 is 0 Å². The van der Waals surface area contributed by atoms with Gasteiger partial charge in [-0.05, 0) is 54.9 Å². The van der Waals surface area contributed by atoms with Gasteiger partial charge in [-0.1, -0.05) is 19.4 Å². The lowest BCUT2D eigenvalue weighted by atomic mass is 9.91. The number of ether oxygens (including phenoxy) is 1. The first kappa shape index (κ1) is 36.1. The topological polar surface area (TPSA) is 130 Å². The van der Waals surface area contributed by atoms with Gasteiger partial charge in [0.25, 0.3) is 5.91 Å². The third kappa shape index (κ3) is 8.26. The van der Waals surface area contributed by atoms with Crippen LogP contribution in [-0.4, -0.2) is 112 Å². The number of H-pyrrole nitrogens is 1. The summed E-state index contributed by atoms with van der Waals surface area (Å²) < 4.78 is 48.9. The number of carbonyl (C=O) groups is 2. The van der Waals surface area contributed by atoms with Crippen molar-refractivity contribution in [3.8, 4) is 11.5 Å². The third-order valence-corrected chi connectivity index (χ3v) is 9.48. The lowest BCUT2D eigenvalue weighted by Crippen LogP contribution is -2.44. The monoisotopic (exact) mass is 708 g/mol. The highest BCUT2D eigenvalue weighted by atomic mass is 19.4. The smallest absolute Gasteiger partial charge is 0.416 e. The summed E-state index contributed by atoms with van der Waals surface area (Å²) in [6, 6.07) is 8.66. The van der Waals surface area contributed by atoms with E-state index in [4.69, 9.17) is 9.72 Å². The van der Waals surface area contributed by atoms with Crippen LogP contribution < -0.4 is 10.1 Å². The fourth-order valence-corrected chi connectivity index (χ4v) is 6.70. The number of nitrogens with one attached hydrogen (secondary N) is 2. The van der Waals surface area contributed by atoms with Crippen LogP contribution >= 0.6 is 0 Å². The molecule has 3 aromatic heterocycles. The maximum atomic E-state index is 14.2. The van der Waals surface area contributed by atoms with Gasteiger partial charge in [0.1, 0.15) is 22.8 Å². The molecule has 0 bridgehead atoms. The molecule has 3 N–H and O–H groups in total.